The summed E-state index contributed by atoms with van der Waals surface area (Å²) in [5.41, 5.74) is -1.76. The van der Waals surface area contributed by atoms with Crippen LogP contribution in [0.2, 0.25) is 0 Å². The lowest BCUT2D eigenvalue weighted by molar-refractivity contribution is -0.157. The number of ether oxygens (including phenoxy) is 1. The lowest BCUT2D eigenvalue weighted by Gasteiger charge is -2.29. The van der Waals surface area contributed by atoms with Gasteiger partial charge in [-0.3, -0.25) is 9.59 Å². The molecule has 0 bridgehead atoms. The summed E-state index contributed by atoms with van der Waals surface area (Å²) in [6, 6.07) is 0. The fourth-order valence-electron chi connectivity index (χ4n) is 3.55. The van der Waals surface area contributed by atoms with Gasteiger partial charge in [-0.1, -0.05) is 12.8 Å². The van der Waals surface area contributed by atoms with Crippen molar-refractivity contribution in [3.63, 3.8) is 0 Å². The van der Waals surface area contributed by atoms with Crippen molar-refractivity contribution in [1.82, 2.24) is 10.2 Å². The van der Waals surface area contributed by atoms with Gasteiger partial charge in [0.1, 0.15) is 0 Å². The summed E-state index contributed by atoms with van der Waals surface area (Å²) in [5.74, 6) is -1.11. The van der Waals surface area contributed by atoms with E-state index in [0.29, 0.717) is 19.6 Å². The van der Waals surface area contributed by atoms with E-state index in [9.17, 15) is 14.0 Å². The number of nitrogens with zero attached hydrogens (tertiary/aromatic N) is 1. The Kier molecular flexibility index (Phi) is 3.67. The first-order valence-corrected chi connectivity index (χ1v) is 7.47. The quantitative estimate of drug-likeness (QED) is 0.780. The number of likely N-dealkylation sites (tertiary alicyclic amines) is 1. The molecule has 0 spiro atoms. The first kappa shape index (κ1) is 13.8. The molecule has 112 valence electrons. The van der Waals surface area contributed by atoms with E-state index in [4.69, 9.17) is 4.74 Å². The minimum Gasteiger partial charge on any atom is -0.444 e. The molecule has 5 nitrogen and oxygen atoms in total. The van der Waals surface area contributed by atoms with Crippen LogP contribution in [0.15, 0.2) is 0 Å². The van der Waals surface area contributed by atoms with Crippen molar-refractivity contribution in [2.24, 2.45) is 11.8 Å². The van der Waals surface area contributed by atoms with Crippen LogP contribution in [0, 0.1) is 11.8 Å². The smallest absolute Gasteiger partial charge is 0.310 e. The van der Waals surface area contributed by atoms with Crippen LogP contribution in [-0.4, -0.2) is 48.8 Å². The van der Waals surface area contributed by atoms with Crippen molar-refractivity contribution in [1.29, 1.82) is 0 Å². The molecule has 3 fully saturated rings. The molecular formula is C14H21FN2O3. The van der Waals surface area contributed by atoms with Gasteiger partial charge in [-0.05, 0) is 19.4 Å². The summed E-state index contributed by atoms with van der Waals surface area (Å²) in [6.45, 7) is 1.26. The first-order chi connectivity index (χ1) is 9.61. The number of alkyl halides is 1. The first-order valence-electron chi connectivity index (χ1n) is 7.47. The maximum Gasteiger partial charge on any atom is 0.310 e. The zero-order valence-corrected chi connectivity index (χ0v) is 11.6. The van der Waals surface area contributed by atoms with Crippen LogP contribution in [0.4, 0.5) is 4.39 Å². The third-order valence-corrected chi connectivity index (χ3v) is 4.84. The number of rotatable bonds is 3. The van der Waals surface area contributed by atoms with E-state index in [-0.39, 0.29) is 31.0 Å². The fraction of sp³-hybridized carbons (Fsp3) is 0.857. The second kappa shape index (κ2) is 5.31. The Bertz CT molecular complexity index is 411. The molecule has 2 aliphatic heterocycles. The van der Waals surface area contributed by atoms with Crippen molar-refractivity contribution in [3.8, 4) is 0 Å². The van der Waals surface area contributed by atoms with Crippen LogP contribution < -0.4 is 5.32 Å². The van der Waals surface area contributed by atoms with Crippen LogP contribution in [-0.2, 0) is 14.3 Å². The molecular weight excluding hydrogens is 263 g/mol. The van der Waals surface area contributed by atoms with Gasteiger partial charge in [-0.25, -0.2) is 4.39 Å². The topological polar surface area (TPSA) is 58.6 Å². The highest BCUT2D eigenvalue weighted by Crippen LogP contribution is 2.37. The molecule has 2 saturated heterocycles. The molecule has 0 unspecified atom stereocenters. The van der Waals surface area contributed by atoms with Gasteiger partial charge in [-0.15, -0.1) is 0 Å². The molecule has 0 aromatic carbocycles. The van der Waals surface area contributed by atoms with E-state index in [2.05, 4.69) is 5.32 Å². The lowest BCUT2D eigenvalue weighted by Crippen LogP contribution is -2.49. The molecule has 3 rings (SSSR count). The maximum absolute atomic E-state index is 14.7. The standard InChI is InChI=1S/C14H21FN2O3/c15-14-5-6-16-7-11(14)8-17(13(14)19)9-20-12(18)10-3-1-2-4-10/h10-11,16H,1-9H2/t11-,14+/m0/s1. The van der Waals surface area contributed by atoms with Gasteiger partial charge in [0.15, 0.2) is 12.4 Å². The summed E-state index contributed by atoms with van der Waals surface area (Å²) < 4.78 is 19.9. The van der Waals surface area contributed by atoms with E-state index < -0.39 is 11.6 Å². The van der Waals surface area contributed by atoms with Gasteiger partial charge in [0.05, 0.1) is 5.92 Å². The maximum atomic E-state index is 14.7. The molecule has 2 heterocycles. The summed E-state index contributed by atoms with van der Waals surface area (Å²) in [4.78, 5) is 25.3. The number of hydrogen-bond donors (Lipinski definition) is 1. The van der Waals surface area contributed by atoms with Crippen molar-refractivity contribution < 1.29 is 18.7 Å². The minimum absolute atomic E-state index is 0.0315. The number of nitrogens with one attached hydrogen (secondary N) is 1. The Hall–Kier alpha value is -1.17. The minimum atomic E-state index is -1.76. The number of hydrogen-bond acceptors (Lipinski definition) is 4. The molecule has 0 aromatic heterocycles. The normalized spacial score (nSPS) is 34.4. The number of piperidine rings is 1. The Morgan fingerprint density at radius 3 is 2.90 bits per heavy atom. The van der Waals surface area contributed by atoms with E-state index in [1.165, 1.54) is 4.90 Å². The molecule has 2 atom stereocenters. The van der Waals surface area contributed by atoms with Gasteiger partial charge in [0.25, 0.3) is 5.91 Å². The molecule has 1 amide bonds. The van der Waals surface area contributed by atoms with Crippen molar-refractivity contribution in [3.05, 3.63) is 0 Å². The highest BCUT2D eigenvalue weighted by molar-refractivity contribution is 5.88. The molecule has 1 N–H and O–H groups in total. The van der Waals surface area contributed by atoms with Crippen LogP contribution in [0.5, 0.6) is 0 Å². The third-order valence-electron chi connectivity index (χ3n) is 4.84. The number of fused-ring (bicyclic) bond motifs is 1. The molecule has 0 radical (unpaired) electrons. The molecule has 1 aliphatic carbocycles. The highest BCUT2D eigenvalue weighted by atomic mass is 19.1. The second-order valence-electron chi connectivity index (χ2n) is 6.11. The molecule has 6 heteroatoms. The van der Waals surface area contributed by atoms with Crippen molar-refractivity contribution in [2.75, 3.05) is 26.4 Å². The zero-order valence-electron chi connectivity index (χ0n) is 11.6. The number of amides is 1. The zero-order chi connectivity index (χ0) is 14.2. The Balaban J connectivity index is 1.56. The Labute approximate surface area is 117 Å². The average molecular weight is 284 g/mol. The number of esters is 1. The van der Waals surface area contributed by atoms with Crippen molar-refractivity contribution >= 4 is 11.9 Å². The molecule has 1 saturated carbocycles. The molecule has 3 aliphatic rings. The largest absolute Gasteiger partial charge is 0.444 e. The molecule has 0 aromatic rings. The van der Waals surface area contributed by atoms with E-state index >= 15 is 0 Å². The van der Waals surface area contributed by atoms with Crippen LogP contribution in [0.25, 0.3) is 0 Å². The predicted molar refractivity (Wildman–Crippen MR) is 69.4 cm³/mol. The monoisotopic (exact) mass is 284 g/mol. The van der Waals surface area contributed by atoms with Crippen LogP contribution >= 0.6 is 0 Å². The predicted octanol–water partition coefficient (Wildman–Crippen LogP) is 0.837. The van der Waals surface area contributed by atoms with Gasteiger partial charge in [-0.2, -0.15) is 0 Å². The number of carbonyl (C=O) groups is 2. The van der Waals surface area contributed by atoms with Gasteiger partial charge in [0.2, 0.25) is 0 Å². The van der Waals surface area contributed by atoms with Gasteiger partial charge < -0.3 is 15.0 Å². The fourth-order valence-corrected chi connectivity index (χ4v) is 3.55. The number of carbonyl (C=O) groups excluding carboxylic acids is 2. The van der Waals surface area contributed by atoms with Crippen molar-refractivity contribution in [2.45, 2.75) is 37.8 Å². The van der Waals surface area contributed by atoms with Gasteiger partial charge in [0, 0.05) is 25.4 Å². The SMILES string of the molecule is O=C(OCN1C[C@@H]2CNCC[C@]2(F)C1=O)C1CCCC1. The molecule has 20 heavy (non-hydrogen) atoms. The highest BCUT2D eigenvalue weighted by Gasteiger charge is 2.55. The summed E-state index contributed by atoms with van der Waals surface area (Å²) >= 11 is 0. The van der Waals surface area contributed by atoms with E-state index in [1.807, 2.05) is 0 Å². The third kappa shape index (κ3) is 2.30. The average Bonchev–Trinajstić information content (AvgIpc) is 3.05. The second-order valence-corrected chi connectivity index (χ2v) is 6.11. The van der Waals surface area contributed by atoms with Crippen LogP contribution in [0.3, 0.4) is 0 Å². The Morgan fingerprint density at radius 1 is 1.45 bits per heavy atom. The van der Waals surface area contributed by atoms with Gasteiger partial charge >= 0.3 is 5.97 Å². The summed E-state index contributed by atoms with van der Waals surface area (Å²) in [7, 11) is 0. The lowest BCUT2D eigenvalue weighted by atomic mass is 9.86. The van der Waals surface area contributed by atoms with Crippen LogP contribution in [0.1, 0.15) is 32.1 Å². The van der Waals surface area contributed by atoms with E-state index in [1.54, 1.807) is 0 Å². The Morgan fingerprint density at radius 2 is 2.20 bits per heavy atom. The number of halogens is 1. The van der Waals surface area contributed by atoms with E-state index in [0.717, 1.165) is 25.7 Å². The summed E-state index contributed by atoms with van der Waals surface area (Å²) in [6.07, 6.45) is 4.07. The summed E-state index contributed by atoms with van der Waals surface area (Å²) in [5, 5.41) is 3.11.